The van der Waals surface area contributed by atoms with Crippen molar-refractivity contribution in [2.75, 3.05) is 6.61 Å². The van der Waals surface area contributed by atoms with E-state index in [2.05, 4.69) is 0 Å². The van der Waals surface area contributed by atoms with Crippen molar-refractivity contribution in [3.05, 3.63) is 65.2 Å². The Kier molecular flexibility index (Phi) is 7.63. The van der Waals surface area contributed by atoms with Gasteiger partial charge < -0.3 is 4.74 Å². The van der Waals surface area contributed by atoms with E-state index in [9.17, 15) is 13.2 Å². The SMILES string of the molecule is CCOC(=O)[C@@H](CCCc1ccccc1)OS(=O)(=O)c1ccc(Cl)cc1. The molecule has 0 aliphatic rings. The van der Waals surface area contributed by atoms with Gasteiger partial charge in [0.25, 0.3) is 10.1 Å². The molecule has 0 saturated heterocycles. The van der Waals surface area contributed by atoms with Crippen LogP contribution in [0.1, 0.15) is 25.3 Å². The van der Waals surface area contributed by atoms with Crippen LogP contribution in [0.3, 0.4) is 0 Å². The van der Waals surface area contributed by atoms with Crippen molar-refractivity contribution in [1.82, 2.24) is 0 Å². The van der Waals surface area contributed by atoms with E-state index in [1.54, 1.807) is 6.92 Å². The van der Waals surface area contributed by atoms with E-state index in [-0.39, 0.29) is 17.9 Å². The third-order valence-electron chi connectivity index (χ3n) is 3.67. The van der Waals surface area contributed by atoms with Gasteiger partial charge in [0.05, 0.1) is 11.5 Å². The highest BCUT2D eigenvalue weighted by molar-refractivity contribution is 7.86. The van der Waals surface area contributed by atoms with Crippen LogP contribution in [0.15, 0.2) is 59.5 Å². The van der Waals surface area contributed by atoms with Crippen molar-refractivity contribution >= 4 is 27.7 Å². The topological polar surface area (TPSA) is 69.7 Å². The minimum atomic E-state index is -4.09. The zero-order valence-corrected chi connectivity index (χ0v) is 16.0. The first kappa shape index (κ1) is 20.4. The van der Waals surface area contributed by atoms with Gasteiger partial charge in [-0.3, -0.25) is 4.18 Å². The van der Waals surface area contributed by atoms with Gasteiger partial charge >= 0.3 is 5.97 Å². The molecule has 0 N–H and O–H groups in total. The molecule has 0 saturated carbocycles. The molecular weight excluding hydrogens is 376 g/mol. The fraction of sp³-hybridized carbons (Fsp3) is 0.316. The number of rotatable bonds is 9. The molecule has 0 amide bonds. The van der Waals surface area contributed by atoms with Crippen molar-refractivity contribution in [3.8, 4) is 0 Å². The summed E-state index contributed by atoms with van der Waals surface area (Å²) in [4.78, 5) is 12.1. The Morgan fingerprint density at radius 2 is 1.73 bits per heavy atom. The van der Waals surface area contributed by atoms with Crippen LogP contribution in [-0.2, 0) is 30.3 Å². The lowest BCUT2D eigenvalue weighted by Gasteiger charge is -2.16. The zero-order chi connectivity index (χ0) is 19.0. The normalized spacial score (nSPS) is 12.5. The molecule has 0 aliphatic carbocycles. The Morgan fingerprint density at radius 1 is 1.08 bits per heavy atom. The molecule has 2 aromatic rings. The van der Waals surface area contributed by atoms with Crippen LogP contribution in [0.4, 0.5) is 0 Å². The number of aryl methyl sites for hydroxylation is 1. The van der Waals surface area contributed by atoms with E-state index in [1.807, 2.05) is 30.3 Å². The monoisotopic (exact) mass is 396 g/mol. The van der Waals surface area contributed by atoms with Gasteiger partial charge in [0.15, 0.2) is 6.10 Å². The Morgan fingerprint density at radius 3 is 2.35 bits per heavy atom. The number of carbonyl (C=O) groups is 1. The Balaban J connectivity index is 2.06. The van der Waals surface area contributed by atoms with E-state index in [4.69, 9.17) is 20.5 Å². The molecule has 0 heterocycles. The molecule has 2 aromatic carbocycles. The highest BCUT2D eigenvalue weighted by atomic mass is 35.5. The summed E-state index contributed by atoms with van der Waals surface area (Å²) < 4.78 is 35.0. The van der Waals surface area contributed by atoms with Crippen molar-refractivity contribution in [2.45, 2.75) is 37.2 Å². The highest BCUT2D eigenvalue weighted by Crippen LogP contribution is 2.20. The predicted molar refractivity (Wildman–Crippen MR) is 99.5 cm³/mol. The van der Waals surface area contributed by atoms with Crippen LogP contribution in [0.2, 0.25) is 5.02 Å². The average Bonchev–Trinajstić information content (AvgIpc) is 2.62. The molecule has 1 atom stereocenters. The van der Waals surface area contributed by atoms with Gasteiger partial charge in [-0.05, 0) is 56.0 Å². The summed E-state index contributed by atoms with van der Waals surface area (Å²) in [5.41, 5.74) is 1.11. The first-order chi connectivity index (χ1) is 12.4. The van der Waals surface area contributed by atoms with E-state index in [1.165, 1.54) is 24.3 Å². The summed E-state index contributed by atoms with van der Waals surface area (Å²) in [6.45, 7) is 1.81. The lowest BCUT2D eigenvalue weighted by molar-refractivity contribution is -0.151. The van der Waals surface area contributed by atoms with Gasteiger partial charge in [0.1, 0.15) is 0 Å². The summed E-state index contributed by atoms with van der Waals surface area (Å²) in [6.07, 6.45) is 0.352. The molecule has 0 unspecified atom stereocenters. The molecule has 5 nitrogen and oxygen atoms in total. The smallest absolute Gasteiger partial charge is 0.336 e. The number of carbonyl (C=O) groups excluding carboxylic acids is 1. The fourth-order valence-corrected chi connectivity index (χ4v) is 3.57. The number of hydrogen-bond acceptors (Lipinski definition) is 5. The average molecular weight is 397 g/mol. The Hall–Kier alpha value is -1.89. The molecule has 0 radical (unpaired) electrons. The summed E-state index contributed by atoms with van der Waals surface area (Å²) in [7, 11) is -4.09. The molecule has 26 heavy (non-hydrogen) atoms. The zero-order valence-electron chi connectivity index (χ0n) is 14.4. The van der Waals surface area contributed by atoms with E-state index in [0.29, 0.717) is 17.9 Å². The Bertz CT molecular complexity index is 804. The quantitative estimate of drug-likeness (QED) is 0.473. The largest absolute Gasteiger partial charge is 0.464 e. The minimum absolute atomic E-state index is 0.0562. The summed E-state index contributed by atoms with van der Waals surface area (Å²) in [6, 6.07) is 15.3. The fourth-order valence-electron chi connectivity index (χ4n) is 2.39. The number of hydrogen-bond donors (Lipinski definition) is 0. The van der Waals surface area contributed by atoms with Gasteiger partial charge in [-0.1, -0.05) is 41.9 Å². The van der Waals surface area contributed by atoms with Crippen molar-refractivity contribution in [1.29, 1.82) is 0 Å². The maximum atomic E-state index is 12.4. The summed E-state index contributed by atoms with van der Waals surface area (Å²) in [5, 5.41) is 0.411. The van der Waals surface area contributed by atoms with Crippen LogP contribution in [-0.4, -0.2) is 27.1 Å². The highest BCUT2D eigenvalue weighted by Gasteiger charge is 2.28. The van der Waals surface area contributed by atoms with Crippen molar-refractivity contribution < 1.29 is 22.1 Å². The molecule has 0 aromatic heterocycles. The maximum absolute atomic E-state index is 12.4. The molecule has 0 spiro atoms. The lowest BCUT2D eigenvalue weighted by Crippen LogP contribution is -2.29. The first-order valence-corrected chi connectivity index (χ1v) is 10.1. The second-order valence-corrected chi connectivity index (χ2v) is 7.63. The molecule has 7 heteroatoms. The lowest BCUT2D eigenvalue weighted by atomic mass is 10.1. The second-order valence-electron chi connectivity index (χ2n) is 5.62. The third-order valence-corrected chi connectivity index (χ3v) is 5.26. The minimum Gasteiger partial charge on any atom is -0.464 e. The van der Waals surface area contributed by atoms with Crippen LogP contribution in [0.25, 0.3) is 0 Å². The number of halogens is 1. The van der Waals surface area contributed by atoms with Gasteiger partial charge in [-0.25, -0.2) is 4.79 Å². The first-order valence-electron chi connectivity index (χ1n) is 8.32. The van der Waals surface area contributed by atoms with Gasteiger partial charge in [0.2, 0.25) is 0 Å². The standard InChI is InChI=1S/C19H21ClO5S/c1-2-24-19(21)18(10-6-9-15-7-4-3-5-8-15)25-26(22,23)17-13-11-16(20)12-14-17/h3-5,7-8,11-14,18H,2,6,9-10H2,1H3/t18-/m1/s1. The summed E-state index contributed by atoms with van der Waals surface area (Å²) in [5.74, 6) is -0.682. The third kappa shape index (κ3) is 6.12. The summed E-state index contributed by atoms with van der Waals surface area (Å²) >= 11 is 5.78. The maximum Gasteiger partial charge on any atom is 0.336 e. The molecule has 2 rings (SSSR count). The molecule has 140 valence electrons. The molecule has 0 aliphatic heterocycles. The Labute approximate surface area is 159 Å². The number of ether oxygens (including phenoxy) is 1. The van der Waals surface area contributed by atoms with Gasteiger partial charge in [-0.15, -0.1) is 0 Å². The van der Waals surface area contributed by atoms with Gasteiger partial charge in [0, 0.05) is 5.02 Å². The van der Waals surface area contributed by atoms with Crippen LogP contribution in [0.5, 0.6) is 0 Å². The van der Waals surface area contributed by atoms with E-state index < -0.39 is 22.2 Å². The number of benzene rings is 2. The van der Waals surface area contributed by atoms with Gasteiger partial charge in [-0.2, -0.15) is 8.42 Å². The van der Waals surface area contributed by atoms with Crippen LogP contribution < -0.4 is 0 Å². The number of esters is 1. The van der Waals surface area contributed by atoms with E-state index >= 15 is 0 Å². The second kappa shape index (κ2) is 9.71. The van der Waals surface area contributed by atoms with Crippen LogP contribution >= 0.6 is 11.6 Å². The molecular formula is C19H21ClO5S. The van der Waals surface area contributed by atoms with E-state index in [0.717, 1.165) is 5.56 Å². The molecule has 0 bridgehead atoms. The van der Waals surface area contributed by atoms with Crippen molar-refractivity contribution in [3.63, 3.8) is 0 Å². The van der Waals surface area contributed by atoms with Crippen LogP contribution in [0, 0.1) is 0 Å². The predicted octanol–water partition coefficient (Wildman–Crippen LogP) is 4.00. The van der Waals surface area contributed by atoms with Crippen molar-refractivity contribution in [2.24, 2.45) is 0 Å². The molecule has 0 fully saturated rings.